The molecule has 1 N–H and O–H groups in total. The van der Waals surface area contributed by atoms with Gasteiger partial charge in [-0.05, 0) is 37.6 Å². The molecule has 120 valence electrons. The second-order valence-corrected chi connectivity index (χ2v) is 7.86. The second-order valence-electron chi connectivity index (χ2n) is 5.71. The van der Waals surface area contributed by atoms with Crippen LogP contribution in [0, 0.1) is 0 Å². The van der Waals surface area contributed by atoms with Gasteiger partial charge < -0.3 is 5.32 Å². The first-order valence-corrected chi connectivity index (χ1v) is 9.11. The summed E-state index contributed by atoms with van der Waals surface area (Å²) >= 11 is 0. The Morgan fingerprint density at radius 1 is 1.10 bits per heavy atom. The third-order valence-corrected chi connectivity index (χ3v) is 5.37. The van der Waals surface area contributed by atoms with E-state index in [1.54, 1.807) is 26.2 Å². The van der Waals surface area contributed by atoms with Crippen molar-refractivity contribution in [1.29, 1.82) is 0 Å². The molecule has 1 unspecified atom stereocenters. The topological polar surface area (TPSA) is 49.4 Å². The molecule has 0 saturated carbocycles. The number of hydrogen-bond donors (Lipinski definition) is 1. The van der Waals surface area contributed by atoms with Gasteiger partial charge in [0.1, 0.15) is 0 Å². The van der Waals surface area contributed by atoms with Crippen LogP contribution in [0.4, 0.5) is 5.69 Å². The van der Waals surface area contributed by atoms with Gasteiger partial charge in [0, 0.05) is 25.8 Å². The number of anilines is 1. The summed E-state index contributed by atoms with van der Waals surface area (Å²) in [5.41, 5.74) is 0.968. The van der Waals surface area contributed by atoms with E-state index in [0.717, 1.165) is 12.1 Å². The van der Waals surface area contributed by atoms with Crippen LogP contribution in [0.1, 0.15) is 46.0 Å². The normalized spacial score (nSPS) is 13.4. The van der Waals surface area contributed by atoms with Gasteiger partial charge in [-0.1, -0.05) is 32.6 Å². The monoisotopic (exact) mass is 312 g/mol. The van der Waals surface area contributed by atoms with Gasteiger partial charge in [0.15, 0.2) is 0 Å². The van der Waals surface area contributed by atoms with Gasteiger partial charge in [0.05, 0.1) is 4.90 Å². The molecule has 0 fully saturated rings. The van der Waals surface area contributed by atoms with Crippen LogP contribution in [0.25, 0.3) is 0 Å². The lowest BCUT2D eigenvalue weighted by atomic mass is 10.1. The minimum Gasteiger partial charge on any atom is -0.383 e. The van der Waals surface area contributed by atoms with Crippen LogP contribution < -0.4 is 5.32 Å². The largest absolute Gasteiger partial charge is 0.383 e. The second kappa shape index (κ2) is 8.39. The zero-order valence-electron chi connectivity index (χ0n) is 13.6. The van der Waals surface area contributed by atoms with Gasteiger partial charge in [-0.3, -0.25) is 0 Å². The van der Waals surface area contributed by atoms with Gasteiger partial charge in [-0.15, -0.1) is 0 Å². The Hall–Kier alpha value is -1.07. The average molecular weight is 312 g/mol. The fourth-order valence-electron chi connectivity index (χ4n) is 2.17. The fraction of sp³-hybridized carbons (Fsp3) is 0.625. The molecule has 0 aliphatic heterocycles. The molecule has 21 heavy (non-hydrogen) atoms. The molecule has 0 bridgehead atoms. The van der Waals surface area contributed by atoms with Gasteiger partial charge >= 0.3 is 0 Å². The minimum atomic E-state index is -3.34. The molecule has 0 aromatic heterocycles. The highest BCUT2D eigenvalue weighted by Crippen LogP contribution is 2.18. The molecule has 5 heteroatoms. The first-order chi connectivity index (χ1) is 9.87. The highest BCUT2D eigenvalue weighted by molar-refractivity contribution is 7.89. The highest BCUT2D eigenvalue weighted by Gasteiger charge is 2.16. The number of nitrogens with one attached hydrogen (secondary N) is 1. The van der Waals surface area contributed by atoms with Crippen LogP contribution in [-0.2, 0) is 10.0 Å². The van der Waals surface area contributed by atoms with Crippen molar-refractivity contribution < 1.29 is 8.42 Å². The molecule has 1 atom stereocenters. The minimum absolute atomic E-state index is 0.327. The summed E-state index contributed by atoms with van der Waals surface area (Å²) in [6, 6.07) is 7.37. The van der Waals surface area contributed by atoms with Crippen molar-refractivity contribution in [3.63, 3.8) is 0 Å². The third kappa shape index (κ3) is 5.67. The van der Waals surface area contributed by atoms with E-state index < -0.39 is 10.0 Å². The third-order valence-electron chi connectivity index (χ3n) is 3.54. The van der Waals surface area contributed by atoms with Crippen LogP contribution in [0.2, 0.25) is 0 Å². The molecule has 1 aromatic rings. The zero-order chi connectivity index (χ0) is 15.9. The summed E-state index contributed by atoms with van der Waals surface area (Å²) in [7, 11) is -0.254. The maximum Gasteiger partial charge on any atom is 0.242 e. The Labute approximate surface area is 129 Å². The molecule has 0 heterocycles. The Morgan fingerprint density at radius 3 is 2.24 bits per heavy atom. The van der Waals surface area contributed by atoms with Crippen molar-refractivity contribution in [2.45, 2.75) is 56.9 Å². The molecule has 1 rings (SSSR count). The SMILES string of the molecule is CCCCCCC(C)Nc1ccc(S(=O)(=O)N(C)C)cc1. The fourth-order valence-corrected chi connectivity index (χ4v) is 3.07. The van der Waals surface area contributed by atoms with E-state index in [0.29, 0.717) is 10.9 Å². The summed E-state index contributed by atoms with van der Waals surface area (Å²) in [6.45, 7) is 4.38. The van der Waals surface area contributed by atoms with E-state index in [1.165, 1.54) is 30.0 Å². The van der Waals surface area contributed by atoms with Gasteiger partial charge in [-0.2, -0.15) is 0 Å². The smallest absolute Gasteiger partial charge is 0.242 e. The Balaban J connectivity index is 2.55. The molecule has 0 amide bonds. The number of sulfonamides is 1. The lowest BCUT2D eigenvalue weighted by Gasteiger charge is -2.16. The van der Waals surface area contributed by atoms with Crippen molar-refractivity contribution in [2.24, 2.45) is 0 Å². The van der Waals surface area contributed by atoms with Crippen molar-refractivity contribution in [3.05, 3.63) is 24.3 Å². The van der Waals surface area contributed by atoms with Crippen molar-refractivity contribution >= 4 is 15.7 Å². The Morgan fingerprint density at radius 2 is 1.71 bits per heavy atom. The number of hydrogen-bond acceptors (Lipinski definition) is 3. The van der Waals surface area contributed by atoms with Crippen LogP contribution in [0.15, 0.2) is 29.2 Å². The van der Waals surface area contributed by atoms with Crippen LogP contribution >= 0.6 is 0 Å². The number of unbranched alkanes of at least 4 members (excludes halogenated alkanes) is 3. The van der Waals surface area contributed by atoms with Gasteiger partial charge in [-0.25, -0.2) is 12.7 Å². The number of rotatable bonds is 9. The summed E-state index contributed by atoms with van der Waals surface area (Å²) in [5, 5.41) is 3.42. The maximum atomic E-state index is 12.0. The lowest BCUT2D eigenvalue weighted by molar-refractivity contribution is 0.521. The predicted octanol–water partition coefficient (Wildman–Crippen LogP) is 3.71. The molecular weight excluding hydrogens is 284 g/mol. The molecule has 0 radical (unpaired) electrons. The molecule has 1 aromatic carbocycles. The highest BCUT2D eigenvalue weighted by atomic mass is 32.2. The van der Waals surface area contributed by atoms with Crippen molar-refractivity contribution in [2.75, 3.05) is 19.4 Å². The molecule has 0 aliphatic carbocycles. The maximum absolute atomic E-state index is 12.0. The van der Waals surface area contributed by atoms with E-state index >= 15 is 0 Å². The molecule has 0 saturated heterocycles. The quantitative estimate of drug-likeness (QED) is 0.707. The predicted molar refractivity (Wildman–Crippen MR) is 89.2 cm³/mol. The van der Waals surface area contributed by atoms with Crippen molar-refractivity contribution in [1.82, 2.24) is 4.31 Å². The van der Waals surface area contributed by atoms with Gasteiger partial charge in [0.2, 0.25) is 10.0 Å². The van der Waals surface area contributed by atoms with Crippen LogP contribution in [-0.4, -0.2) is 32.9 Å². The van der Waals surface area contributed by atoms with E-state index in [9.17, 15) is 8.42 Å². The van der Waals surface area contributed by atoms with E-state index in [1.807, 2.05) is 12.1 Å². The van der Waals surface area contributed by atoms with E-state index in [4.69, 9.17) is 0 Å². The average Bonchev–Trinajstić information content (AvgIpc) is 2.44. The standard InChI is InChI=1S/C16H28N2O2S/c1-5-6-7-8-9-14(2)17-15-10-12-16(13-11-15)21(19,20)18(3)4/h10-14,17H,5-9H2,1-4H3. The van der Waals surface area contributed by atoms with E-state index in [-0.39, 0.29) is 0 Å². The zero-order valence-corrected chi connectivity index (χ0v) is 14.4. The summed E-state index contributed by atoms with van der Waals surface area (Å²) in [6.07, 6.45) is 6.20. The first kappa shape index (κ1) is 18.0. The molecule has 0 aliphatic rings. The first-order valence-electron chi connectivity index (χ1n) is 7.67. The van der Waals surface area contributed by atoms with Crippen LogP contribution in [0.5, 0.6) is 0 Å². The molecule has 4 nitrogen and oxygen atoms in total. The molecule has 0 spiro atoms. The number of benzene rings is 1. The van der Waals surface area contributed by atoms with Crippen molar-refractivity contribution in [3.8, 4) is 0 Å². The molecular formula is C16H28N2O2S. The number of nitrogens with zero attached hydrogens (tertiary/aromatic N) is 1. The summed E-state index contributed by atoms with van der Waals surface area (Å²) in [4.78, 5) is 0.327. The van der Waals surface area contributed by atoms with Crippen LogP contribution in [0.3, 0.4) is 0 Å². The Bertz CT molecular complexity index is 510. The van der Waals surface area contributed by atoms with Gasteiger partial charge in [0.25, 0.3) is 0 Å². The lowest BCUT2D eigenvalue weighted by Crippen LogP contribution is -2.22. The Kier molecular flexibility index (Phi) is 7.18. The summed E-state index contributed by atoms with van der Waals surface area (Å²) in [5.74, 6) is 0. The van der Waals surface area contributed by atoms with E-state index in [2.05, 4.69) is 19.2 Å². The summed E-state index contributed by atoms with van der Waals surface area (Å²) < 4.78 is 25.2.